The van der Waals surface area contributed by atoms with Crippen molar-refractivity contribution in [2.45, 2.75) is 6.92 Å². The molecule has 0 aliphatic rings. The van der Waals surface area contributed by atoms with Crippen LogP contribution in [0.3, 0.4) is 0 Å². The molecule has 0 unspecified atom stereocenters. The summed E-state index contributed by atoms with van der Waals surface area (Å²) in [4.78, 5) is 27.6. The Hall–Kier alpha value is -0.890. The van der Waals surface area contributed by atoms with Gasteiger partial charge < -0.3 is 15.3 Å². The molecule has 0 spiro atoms. The molecule has 0 aromatic carbocycles. The lowest BCUT2D eigenvalue weighted by atomic mass is 10.8. The summed E-state index contributed by atoms with van der Waals surface area (Å²) in [6.07, 6.45) is 0. The Bertz CT molecular complexity index is 163. The SMILES string of the molecule is CC(=O)O.O=C(O)CS.O=C(O)CS. The minimum atomic E-state index is -0.881. The van der Waals surface area contributed by atoms with Gasteiger partial charge in [0.25, 0.3) is 5.97 Å². The van der Waals surface area contributed by atoms with Crippen LogP contribution in [-0.2, 0) is 14.4 Å². The molecule has 0 amide bonds. The fourth-order valence-corrected chi connectivity index (χ4v) is 0. The van der Waals surface area contributed by atoms with Gasteiger partial charge in [-0.15, -0.1) is 0 Å². The molecule has 3 N–H and O–H groups in total. The minimum absolute atomic E-state index is 0.0833. The second kappa shape index (κ2) is 14.6. The topological polar surface area (TPSA) is 112 Å². The third-order valence-electron chi connectivity index (χ3n) is 0.271. The lowest BCUT2D eigenvalue weighted by Crippen LogP contribution is -1.92. The quantitative estimate of drug-likeness (QED) is 0.440. The van der Waals surface area contributed by atoms with Crippen molar-refractivity contribution < 1.29 is 29.7 Å². The van der Waals surface area contributed by atoms with Crippen LogP contribution >= 0.6 is 25.3 Å². The van der Waals surface area contributed by atoms with E-state index < -0.39 is 17.9 Å². The molecule has 0 bridgehead atoms. The van der Waals surface area contributed by atoms with Crippen LogP contribution < -0.4 is 0 Å². The zero-order valence-corrected chi connectivity index (χ0v) is 9.16. The van der Waals surface area contributed by atoms with Crippen LogP contribution in [0.25, 0.3) is 0 Å². The van der Waals surface area contributed by atoms with E-state index in [-0.39, 0.29) is 11.5 Å². The molecule has 0 saturated carbocycles. The first-order valence-electron chi connectivity index (χ1n) is 3.12. The van der Waals surface area contributed by atoms with Gasteiger partial charge in [0.05, 0.1) is 11.5 Å². The van der Waals surface area contributed by atoms with Crippen LogP contribution in [0.4, 0.5) is 0 Å². The van der Waals surface area contributed by atoms with E-state index in [1.165, 1.54) is 0 Å². The van der Waals surface area contributed by atoms with Crippen molar-refractivity contribution >= 4 is 43.2 Å². The summed E-state index contributed by atoms with van der Waals surface area (Å²) in [6, 6.07) is 0. The van der Waals surface area contributed by atoms with Gasteiger partial charge in [0, 0.05) is 6.92 Å². The smallest absolute Gasteiger partial charge is 0.313 e. The average molecular weight is 244 g/mol. The van der Waals surface area contributed by atoms with E-state index >= 15 is 0 Å². The summed E-state index contributed by atoms with van der Waals surface area (Å²) in [5, 5.41) is 22.7. The zero-order chi connectivity index (χ0) is 12.1. The average Bonchev–Trinajstić information content (AvgIpc) is 2.04. The maximum Gasteiger partial charge on any atom is 0.313 e. The summed E-state index contributed by atoms with van der Waals surface area (Å²) in [7, 11) is 0. The fraction of sp³-hybridized carbons (Fsp3) is 0.500. The highest BCUT2D eigenvalue weighted by molar-refractivity contribution is 7.81. The minimum Gasteiger partial charge on any atom is -0.481 e. The number of carbonyl (C=O) groups is 3. The summed E-state index contributed by atoms with van der Waals surface area (Å²) in [6.45, 7) is 1.08. The van der Waals surface area contributed by atoms with Gasteiger partial charge in [-0.25, -0.2) is 0 Å². The highest BCUT2D eigenvalue weighted by Gasteiger charge is 1.82. The molecule has 0 atom stereocenters. The summed E-state index contributed by atoms with van der Waals surface area (Å²) < 4.78 is 0. The van der Waals surface area contributed by atoms with E-state index in [0.29, 0.717) is 0 Å². The molecule has 84 valence electrons. The van der Waals surface area contributed by atoms with Crippen LogP contribution in [0, 0.1) is 0 Å². The van der Waals surface area contributed by atoms with Crippen molar-refractivity contribution in [1.29, 1.82) is 0 Å². The van der Waals surface area contributed by atoms with Crippen molar-refractivity contribution in [2.75, 3.05) is 11.5 Å². The third kappa shape index (κ3) is 117. The molecule has 0 saturated heterocycles. The van der Waals surface area contributed by atoms with Crippen LogP contribution in [0.1, 0.15) is 6.92 Å². The molecule has 0 aliphatic carbocycles. The monoisotopic (exact) mass is 244 g/mol. The van der Waals surface area contributed by atoms with Gasteiger partial charge in [0.1, 0.15) is 0 Å². The first kappa shape index (κ1) is 18.8. The Morgan fingerprint density at radius 3 is 1.00 bits per heavy atom. The Labute approximate surface area is 91.8 Å². The molecule has 0 radical (unpaired) electrons. The number of aliphatic carboxylic acids is 3. The van der Waals surface area contributed by atoms with Crippen molar-refractivity contribution in [1.82, 2.24) is 0 Å². The van der Waals surface area contributed by atoms with Crippen LogP contribution in [-0.4, -0.2) is 44.7 Å². The predicted molar refractivity (Wildman–Crippen MR) is 56.3 cm³/mol. The highest BCUT2D eigenvalue weighted by atomic mass is 32.1. The first-order valence-corrected chi connectivity index (χ1v) is 4.39. The second-order valence-electron chi connectivity index (χ2n) is 1.62. The lowest BCUT2D eigenvalue weighted by Gasteiger charge is -1.71. The molecule has 14 heavy (non-hydrogen) atoms. The number of hydrogen-bond donors (Lipinski definition) is 5. The fourth-order valence-electron chi connectivity index (χ4n) is 0. The Balaban J connectivity index is -0.000000131. The van der Waals surface area contributed by atoms with Gasteiger partial charge >= 0.3 is 11.9 Å². The van der Waals surface area contributed by atoms with Crippen LogP contribution in [0.2, 0.25) is 0 Å². The predicted octanol–water partition coefficient (Wildman–Crippen LogP) is 0.0925. The maximum absolute atomic E-state index is 9.29. The molecule has 0 fully saturated rings. The van der Waals surface area contributed by atoms with E-state index in [4.69, 9.17) is 20.1 Å². The Morgan fingerprint density at radius 2 is 1.00 bits per heavy atom. The van der Waals surface area contributed by atoms with Crippen LogP contribution in [0.5, 0.6) is 0 Å². The number of hydrogen-bond acceptors (Lipinski definition) is 5. The van der Waals surface area contributed by atoms with Gasteiger partial charge in [-0.1, -0.05) is 0 Å². The molecule has 0 heterocycles. The Morgan fingerprint density at radius 1 is 0.929 bits per heavy atom. The molecule has 0 aromatic rings. The largest absolute Gasteiger partial charge is 0.481 e. The highest BCUT2D eigenvalue weighted by Crippen LogP contribution is 1.66. The third-order valence-corrected chi connectivity index (χ3v) is 0.812. The maximum atomic E-state index is 9.29. The Kier molecular flexibility index (Phi) is 19.6. The summed E-state index contributed by atoms with van der Waals surface area (Å²) in [5.41, 5.74) is 0. The molecule has 6 nitrogen and oxygen atoms in total. The van der Waals surface area contributed by atoms with Crippen molar-refractivity contribution in [3.8, 4) is 0 Å². The molecular formula is C6H12O6S2. The molecule has 0 aromatic heterocycles. The van der Waals surface area contributed by atoms with Crippen LogP contribution in [0.15, 0.2) is 0 Å². The van der Waals surface area contributed by atoms with Crippen molar-refractivity contribution in [3.05, 3.63) is 0 Å². The summed E-state index contributed by atoms with van der Waals surface area (Å²) >= 11 is 6.83. The van der Waals surface area contributed by atoms with Gasteiger partial charge in [0.15, 0.2) is 0 Å². The van der Waals surface area contributed by atoms with Crippen molar-refractivity contribution in [2.24, 2.45) is 0 Å². The lowest BCUT2D eigenvalue weighted by molar-refractivity contribution is -0.135. The first-order chi connectivity index (χ1) is 6.27. The molecular weight excluding hydrogens is 232 g/mol. The van der Waals surface area contributed by atoms with E-state index in [1.807, 2.05) is 0 Å². The zero-order valence-electron chi connectivity index (χ0n) is 7.38. The van der Waals surface area contributed by atoms with Gasteiger partial charge in [-0.05, 0) is 0 Å². The normalized spacial score (nSPS) is 7.07. The number of thiol groups is 2. The molecule has 0 aliphatic heterocycles. The van der Waals surface area contributed by atoms with Crippen molar-refractivity contribution in [3.63, 3.8) is 0 Å². The standard InChI is InChI=1S/2C2H4O2S.C2H4O2/c2*3-2(4)1-5;1-2(3)4/h2*5H,1H2,(H,3,4);1H3,(H,3,4). The van der Waals surface area contributed by atoms with Gasteiger partial charge in [-0.3, -0.25) is 14.4 Å². The molecule has 0 rings (SSSR count). The van der Waals surface area contributed by atoms with E-state index in [0.717, 1.165) is 6.92 Å². The number of carboxylic acids is 3. The van der Waals surface area contributed by atoms with E-state index in [2.05, 4.69) is 25.3 Å². The van der Waals surface area contributed by atoms with E-state index in [9.17, 15) is 9.59 Å². The van der Waals surface area contributed by atoms with Gasteiger partial charge in [0.2, 0.25) is 0 Å². The van der Waals surface area contributed by atoms with Gasteiger partial charge in [-0.2, -0.15) is 25.3 Å². The number of carboxylic acid groups (broad SMARTS) is 3. The molecule has 8 heteroatoms. The number of rotatable bonds is 2. The summed E-state index contributed by atoms with van der Waals surface area (Å²) in [5.74, 6) is -2.76. The van der Waals surface area contributed by atoms with E-state index in [1.54, 1.807) is 0 Å². The second-order valence-corrected chi connectivity index (χ2v) is 2.26.